The molecule has 0 aliphatic carbocycles. The summed E-state index contributed by atoms with van der Waals surface area (Å²) in [7, 11) is -2.07. The molecule has 0 saturated carbocycles. The summed E-state index contributed by atoms with van der Waals surface area (Å²) in [4.78, 5) is 54.3. The second-order valence-corrected chi connectivity index (χ2v) is 20.0. The summed E-state index contributed by atoms with van der Waals surface area (Å²) in [5.41, 5.74) is 1.92. The average molecular weight is 1090 g/mol. The highest BCUT2D eigenvalue weighted by Gasteiger charge is 2.20. The topological polar surface area (TPSA) is 363 Å². The number of hydrogen-bond donors (Lipinski definition) is 12. The Morgan fingerprint density at radius 2 is 0.789 bits per heavy atom. The zero-order valence-electron chi connectivity index (χ0n) is 41.9. The van der Waals surface area contributed by atoms with Crippen LogP contribution in [0.4, 0.5) is 58.4 Å². The number of nitrogens with one attached hydrogen (secondary N) is 8. The Bertz CT molecular complexity index is 2990. The molecule has 0 saturated heterocycles. The van der Waals surface area contributed by atoms with Gasteiger partial charge in [-0.05, 0) is 138 Å². The third-order valence-corrected chi connectivity index (χ3v) is 12.4. The van der Waals surface area contributed by atoms with Crippen LogP contribution in [0.2, 0.25) is 0 Å². The number of hydrogen-bond acceptors (Lipinski definition) is 22. The molecule has 2 amide bonds. The molecule has 4 aromatic carbocycles. The van der Waals surface area contributed by atoms with Crippen LogP contribution in [0.1, 0.15) is 44.7 Å². The van der Waals surface area contributed by atoms with Gasteiger partial charge in [0.25, 0.3) is 32.1 Å². The van der Waals surface area contributed by atoms with Crippen LogP contribution in [0.5, 0.6) is 0 Å². The molecule has 404 valence electrons. The van der Waals surface area contributed by atoms with Gasteiger partial charge in [0.15, 0.2) is 0 Å². The fourth-order valence-electron chi connectivity index (χ4n) is 6.92. The summed E-state index contributed by atoms with van der Waals surface area (Å²) in [6.07, 6.45) is 3.99. The van der Waals surface area contributed by atoms with Crippen LogP contribution in [0.25, 0.3) is 12.2 Å². The van der Waals surface area contributed by atoms with Gasteiger partial charge in [-0.1, -0.05) is 24.3 Å². The Morgan fingerprint density at radius 3 is 1.11 bits per heavy atom. The van der Waals surface area contributed by atoms with Crippen molar-refractivity contribution in [3.05, 3.63) is 107 Å². The quantitative estimate of drug-likeness (QED) is 0.0188. The minimum atomic E-state index is -4.92. The molecular formula is C48H60N16O10S2. The summed E-state index contributed by atoms with van der Waals surface area (Å²) in [5.74, 6) is -0.250. The number of anilines is 10. The van der Waals surface area contributed by atoms with Crippen LogP contribution >= 0.6 is 0 Å². The minimum Gasteiger partial charge on any atom is -0.395 e. The number of carbonyl (C=O) groups is 2. The smallest absolute Gasteiger partial charge is 0.295 e. The molecule has 0 radical (unpaired) electrons. The Balaban J connectivity index is 1.24. The first-order valence-electron chi connectivity index (χ1n) is 23.5. The van der Waals surface area contributed by atoms with Gasteiger partial charge in [-0.25, -0.2) is 0 Å². The van der Waals surface area contributed by atoms with E-state index in [1.807, 2.05) is 38.0 Å². The number of nitrogens with zero attached hydrogens (tertiary/aromatic N) is 8. The minimum absolute atomic E-state index is 0.0195. The van der Waals surface area contributed by atoms with E-state index in [0.717, 1.165) is 38.1 Å². The molecule has 6 rings (SSSR count). The van der Waals surface area contributed by atoms with Crippen LogP contribution in [0, 0.1) is 0 Å². The summed E-state index contributed by atoms with van der Waals surface area (Å²) >= 11 is 0. The number of rotatable bonds is 28. The number of aliphatic hydroxyl groups is 2. The largest absolute Gasteiger partial charge is 0.395 e. The van der Waals surface area contributed by atoms with Gasteiger partial charge in [0.2, 0.25) is 35.7 Å². The van der Waals surface area contributed by atoms with Crippen molar-refractivity contribution < 1.29 is 45.7 Å². The van der Waals surface area contributed by atoms with Gasteiger partial charge in [0.1, 0.15) is 9.79 Å². The Morgan fingerprint density at radius 1 is 0.474 bits per heavy atom. The molecule has 6 aromatic rings. The summed E-state index contributed by atoms with van der Waals surface area (Å²) in [6, 6.07) is 20.8. The summed E-state index contributed by atoms with van der Waals surface area (Å²) in [6.45, 7) is 2.34. The van der Waals surface area contributed by atoms with E-state index < -0.39 is 30.0 Å². The lowest BCUT2D eigenvalue weighted by Gasteiger charge is -2.14. The molecule has 2 aromatic heterocycles. The van der Waals surface area contributed by atoms with Crippen molar-refractivity contribution in [2.75, 3.05) is 113 Å². The van der Waals surface area contributed by atoms with Crippen molar-refractivity contribution in [2.24, 2.45) is 0 Å². The predicted molar refractivity (Wildman–Crippen MR) is 289 cm³/mol. The monoisotopic (exact) mass is 1080 g/mol. The molecule has 2 heterocycles. The third-order valence-electron chi connectivity index (χ3n) is 10.5. The van der Waals surface area contributed by atoms with Crippen molar-refractivity contribution in [1.29, 1.82) is 0 Å². The van der Waals surface area contributed by atoms with Crippen molar-refractivity contribution in [3.8, 4) is 0 Å². The van der Waals surface area contributed by atoms with Gasteiger partial charge < -0.3 is 62.5 Å². The summed E-state index contributed by atoms with van der Waals surface area (Å²) < 4.78 is 72.2. The number of aromatic nitrogens is 6. The third kappa shape index (κ3) is 17.9. The van der Waals surface area contributed by atoms with Crippen LogP contribution < -0.4 is 42.5 Å². The number of carbonyl (C=O) groups excluding carboxylic acids is 2. The Hall–Kier alpha value is -7.96. The van der Waals surface area contributed by atoms with E-state index in [1.54, 1.807) is 48.5 Å². The lowest BCUT2D eigenvalue weighted by atomic mass is 10.1. The number of aliphatic hydroxyl groups excluding tert-OH is 2. The van der Waals surface area contributed by atoms with Gasteiger partial charge >= 0.3 is 0 Å². The zero-order chi connectivity index (χ0) is 54.8. The maximum Gasteiger partial charge on any atom is 0.295 e. The second kappa shape index (κ2) is 27.0. The van der Waals surface area contributed by atoms with Crippen LogP contribution in [0.3, 0.4) is 0 Å². The lowest BCUT2D eigenvalue weighted by Crippen LogP contribution is -2.26. The highest BCUT2D eigenvalue weighted by Crippen LogP contribution is 2.29. The molecule has 0 aliphatic rings. The van der Waals surface area contributed by atoms with Crippen molar-refractivity contribution >= 4 is 103 Å². The molecule has 0 fully saturated rings. The Labute approximate surface area is 439 Å². The van der Waals surface area contributed by atoms with Crippen molar-refractivity contribution in [2.45, 2.75) is 22.6 Å². The zero-order valence-corrected chi connectivity index (χ0v) is 43.6. The SMILES string of the molecule is CN(C)CCCNc1nc(Nc2ccc(C(=O)NCCO)cc2)nc(Nc2ccc(/C=C/c3ccc(Nc4nc(NCCCN(C)C)nc(Nc5ccc(C(=O)NCCO)cc5)n4)cc3S(=O)(=O)O)c(S(=O)(=O)O)c2)n1. The molecular weight excluding hydrogens is 1020 g/mol. The van der Waals surface area contributed by atoms with E-state index in [9.17, 15) is 35.5 Å². The molecule has 0 spiro atoms. The van der Waals surface area contributed by atoms with Crippen molar-refractivity contribution in [3.63, 3.8) is 0 Å². The Kier molecular flexibility index (Phi) is 20.4. The van der Waals surface area contributed by atoms with E-state index in [2.05, 4.69) is 72.4 Å². The molecule has 12 N–H and O–H groups in total. The fourth-order valence-corrected chi connectivity index (χ4v) is 8.34. The molecule has 0 bridgehead atoms. The van der Waals surface area contributed by atoms with Crippen LogP contribution in [-0.4, -0.2) is 168 Å². The molecule has 76 heavy (non-hydrogen) atoms. The molecule has 0 unspecified atom stereocenters. The highest BCUT2D eigenvalue weighted by atomic mass is 32.2. The molecule has 28 heteroatoms. The first-order chi connectivity index (χ1) is 36.3. The van der Waals surface area contributed by atoms with E-state index >= 15 is 0 Å². The average Bonchev–Trinajstić information content (AvgIpc) is 3.38. The van der Waals surface area contributed by atoms with Crippen LogP contribution in [-0.2, 0) is 20.2 Å². The summed E-state index contributed by atoms with van der Waals surface area (Å²) in [5, 5.41) is 41.6. The molecule has 0 aliphatic heterocycles. The van der Waals surface area contributed by atoms with E-state index in [1.165, 1.54) is 36.4 Å². The normalized spacial score (nSPS) is 11.7. The van der Waals surface area contributed by atoms with E-state index in [4.69, 9.17) is 10.2 Å². The maximum absolute atomic E-state index is 12.9. The number of amides is 2. The van der Waals surface area contributed by atoms with E-state index in [0.29, 0.717) is 35.6 Å². The lowest BCUT2D eigenvalue weighted by molar-refractivity contribution is 0.0937. The van der Waals surface area contributed by atoms with Gasteiger partial charge in [0.05, 0.1) is 13.2 Å². The van der Waals surface area contributed by atoms with E-state index in [-0.39, 0.29) is 96.3 Å². The van der Waals surface area contributed by atoms with Gasteiger partial charge in [0, 0.05) is 60.1 Å². The second-order valence-electron chi connectivity index (χ2n) is 17.2. The first-order valence-corrected chi connectivity index (χ1v) is 26.4. The van der Waals surface area contributed by atoms with Crippen molar-refractivity contribution in [1.82, 2.24) is 50.3 Å². The maximum atomic E-state index is 12.9. The molecule has 26 nitrogen and oxygen atoms in total. The van der Waals surface area contributed by atoms with Gasteiger partial charge in [-0.2, -0.15) is 46.7 Å². The standard InChI is InChI=1S/C48H60N16O10S2/c1-63(2)25-5-21-51-43-57-45(53-35-15-11-33(12-16-35)41(67)49-23-27-65)61-47(59-43)55-37-19-9-31(39(29-37)75(69,70)71)7-8-32-10-20-38(30-40(32)76(72,73)74)56-48-60-44(52-22-6-26-64(3)4)58-46(62-48)54-36-17-13-34(14-18-36)42(68)50-24-28-66/h7-20,29-30,65-66H,5-6,21-28H2,1-4H3,(H,49,67)(H,50,68)(H,69,70,71)(H,72,73,74)(H3,51,53,55,57,59,61)(H3,52,54,56,58,60,62)/b8-7+. The fraction of sp³-hybridized carbons (Fsp3) is 0.292. The highest BCUT2D eigenvalue weighted by molar-refractivity contribution is 7.86. The van der Waals surface area contributed by atoms with Gasteiger partial charge in [-0.15, -0.1) is 0 Å². The molecule has 0 atom stereocenters. The van der Waals surface area contributed by atoms with Gasteiger partial charge in [-0.3, -0.25) is 18.7 Å². The first kappa shape index (κ1) is 57.3. The predicted octanol–water partition coefficient (Wildman–Crippen LogP) is 3.87. The number of benzene rings is 4. The van der Waals surface area contributed by atoms with Crippen LogP contribution in [0.15, 0.2) is 94.7 Å².